The Hall–Kier alpha value is -1.52. The zero-order valence-corrected chi connectivity index (χ0v) is 12.1. The number of halogens is 1. The van der Waals surface area contributed by atoms with Gasteiger partial charge in [0.1, 0.15) is 12.3 Å². The Labute approximate surface area is 124 Å². The van der Waals surface area contributed by atoms with Crippen molar-refractivity contribution in [3.8, 4) is 0 Å². The molecule has 108 valence electrons. The lowest BCUT2D eigenvalue weighted by atomic mass is 10.2. The fourth-order valence-electron chi connectivity index (χ4n) is 2.53. The molecule has 1 N–H and O–H groups in total. The van der Waals surface area contributed by atoms with Crippen LogP contribution in [0, 0.1) is 0 Å². The zero-order chi connectivity index (χ0) is 13.1. The van der Waals surface area contributed by atoms with Crippen LogP contribution in [-0.4, -0.2) is 42.1 Å². The Morgan fingerprint density at radius 2 is 2.00 bits per heavy atom. The topological polar surface area (TPSA) is 45.3 Å². The molecular weight excluding hydrogens is 276 g/mol. The summed E-state index contributed by atoms with van der Waals surface area (Å²) in [5.41, 5.74) is 1.50. The van der Waals surface area contributed by atoms with Crippen LogP contribution in [0.4, 0.5) is 0 Å². The maximum atomic E-state index is 11.9. The molecule has 0 amide bonds. The molecule has 1 aromatic carbocycles. The average Bonchev–Trinajstić information content (AvgIpc) is 3.07. The van der Waals surface area contributed by atoms with Gasteiger partial charge in [-0.1, -0.05) is 18.2 Å². The Morgan fingerprint density at radius 1 is 1.25 bits per heavy atom. The lowest BCUT2D eigenvalue weighted by Gasteiger charge is -2.13. The number of H-pyrrole nitrogens is 1. The number of ether oxygens (including phenoxy) is 1. The van der Waals surface area contributed by atoms with E-state index in [1.54, 1.807) is 0 Å². The molecule has 0 aliphatic carbocycles. The van der Waals surface area contributed by atoms with E-state index in [4.69, 9.17) is 4.74 Å². The van der Waals surface area contributed by atoms with E-state index in [2.05, 4.69) is 9.88 Å². The predicted octanol–water partition coefficient (Wildman–Crippen LogP) is 2.84. The molecule has 1 saturated heterocycles. The van der Waals surface area contributed by atoms with Crippen molar-refractivity contribution in [2.75, 3.05) is 26.2 Å². The molecule has 1 aliphatic rings. The van der Waals surface area contributed by atoms with E-state index < -0.39 is 0 Å². The highest BCUT2D eigenvalue weighted by atomic mass is 35.5. The van der Waals surface area contributed by atoms with Gasteiger partial charge in [0.2, 0.25) is 0 Å². The van der Waals surface area contributed by atoms with Gasteiger partial charge in [0.05, 0.1) is 0 Å². The number of hydrogen-bond acceptors (Lipinski definition) is 3. The Balaban J connectivity index is 0.00000147. The number of fused-ring (bicyclic) bond motifs is 1. The number of para-hydroxylation sites is 1. The normalized spacial score (nSPS) is 15.2. The van der Waals surface area contributed by atoms with Gasteiger partial charge in [-0.3, -0.25) is 4.90 Å². The van der Waals surface area contributed by atoms with Crippen molar-refractivity contribution in [1.29, 1.82) is 0 Å². The second kappa shape index (κ2) is 6.77. The third-order valence-corrected chi connectivity index (χ3v) is 3.59. The molecular formula is C15H19ClN2O2. The number of carbonyl (C=O) groups excluding carboxylic acids is 1. The van der Waals surface area contributed by atoms with E-state index in [0.29, 0.717) is 12.3 Å². The van der Waals surface area contributed by atoms with Crippen LogP contribution in [0.15, 0.2) is 30.3 Å². The molecule has 1 fully saturated rings. The Kier molecular flexibility index (Phi) is 5.04. The van der Waals surface area contributed by atoms with Crippen LogP contribution in [-0.2, 0) is 4.74 Å². The minimum atomic E-state index is -0.268. The molecule has 4 nitrogen and oxygen atoms in total. The smallest absolute Gasteiger partial charge is 0.354 e. The number of carbonyl (C=O) groups is 1. The van der Waals surface area contributed by atoms with E-state index in [-0.39, 0.29) is 18.4 Å². The fourth-order valence-corrected chi connectivity index (χ4v) is 2.53. The first-order chi connectivity index (χ1) is 9.33. The molecule has 0 saturated carbocycles. The molecule has 0 bridgehead atoms. The Bertz CT molecular complexity index is 543. The minimum absolute atomic E-state index is 0. The van der Waals surface area contributed by atoms with Crippen LogP contribution >= 0.6 is 12.4 Å². The number of hydrogen-bond donors (Lipinski definition) is 1. The summed E-state index contributed by atoms with van der Waals surface area (Å²) in [4.78, 5) is 17.3. The highest BCUT2D eigenvalue weighted by Gasteiger charge is 2.14. The van der Waals surface area contributed by atoms with Crippen molar-refractivity contribution < 1.29 is 9.53 Å². The van der Waals surface area contributed by atoms with Crippen LogP contribution < -0.4 is 0 Å². The van der Waals surface area contributed by atoms with Crippen LogP contribution in [0.2, 0.25) is 0 Å². The molecule has 1 aliphatic heterocycles. The SMILES string of the molecule is Cl.O=C(OCCN1CCCC1)c1cc2ccccc2[nH]1. The van der Waals surface area contributed by atoms with Crippen molar-refractivity contribution in [3.05, 3.63) is 36.0 Å². The first-order valence-corrected chi connectivity index (χ1v) is 6.80. The van der Waals surface area contributed by atoms with Gasteiger partial charge in [0.15, 0.2) is 0 Å². The lowest BCUT2D eigenvalue weighted by Crippen LogP contribution is -2.25. The number of nitrogens with zero attached hydrogens (tertiary/aromatic N) is 1. The van der Waals surface area contributed by atoms with Gasteiger partial charge in [0, 0.05) is 17.4 Å². The van der Waals surface area contributed by atoms with Crippen LogP contribution in [0.1, 0.15) is 23.3 Å². The van der Waals surface area contributed by atoms with Gasteiger partial charge in [0.25, 0.3) is 0 Å². The van der Waals surface area contributed by atoms with Crippen molar-refractivity contribution in [3.63, 3.8) is 0 Å². The van der Waals surface area contributed by atoms with E-state index in [1.165, 1.54) is 12.8 Å². The minimum Gasteiger partial charge on any atom is -0.460 e. The quantitative estimate of drug-likeness (QED) is 0.882. The molecule has 0 atom stereocenters. The van der Waals surface area contributed by atoms with E-state index in [1.807, 2.05) is 30.3 Å². The van der Waals surface area contributed by atoms with Gasteiger partial charge in [-0.25, -0.2) is 4.79 Å². The summed E-state index contributed by atoms with van der Waals surface area (Å²) in [6, 6.07) is 9.68. The van der Waals surface area contributed by atoms with Gasteiger partial charge < -0.3 is 9.72 Å². The number of likely N-dealkylation sites (tertiary alicyclic amines) is 1. The first-order valence-electron chi connectivity index (χ1n) is 6.80. The summed E-state index contributed by atoms with van der Waals surface area (Å²) in [6.07, 6.45) is 2.52. The summed E-state index contributed by atoms with van der Waals surface area (Å²) in [6.45, 7) is 3.56. The number of benzene rings is 1. The van der Waals surface area contributed by atoms with Gasteiger partial charge in [-0.05, 0) is 38.1 Å². The van der Waals surface area contributed by atoms with Crippen molar-refractivity contribution in [2.45, 2.75) is 12.8 Å². The largest absolute Gasteiger partial charge is 0.460 e. The number of rotatable bonds is 4. The average molecular weight is 295 g/mol. The molecule has 0 spiro atoms. The van der Waals surface area contributed by atoms with Crippen molar-refractivity contribution in [1.82, 2.24) is 9.88 Å². The number of nitrogens with one attached hydrogen (secondary N) is 1. The molecule has 1 aromatic heterocycles. The van der Waals surface area contributed by atoms with Crippen molar-refractivity contribution in [2.24, 2.45) is 0 Å². The third kappa shape index (κ3) is 3.32. The lowest BCUT2D eigenvalue weighted by molar-refractivity contribution is 0.0466. The predicted molar refractivity (Wildman–Crippen MR) is 81.5 cm³/mol. The van der Waals surface area contributed by atoms with E-state index in [0.717, 1.165) is 30.5 Å². The number of aromatic amines is 1. The summed E-state index contributed by atoms with van der Waals surface area (Å²) in [5, 5.41) is 1.04. The number of esters is 1. The van der Waals surface area contributed by atoms with Gasteiger partial charge in [-0.15, -0.1) is 12.4 Å². The first kappa shape index (κ1) is 14.9. The second-order valence-corrected chi connectivity index (χ2v) is 4.95. The van der Waals surface area contributed by atoms with Crippen LogP contribution in [0.5, 0.6) is 0 Å². The monoisotopic (exact) mass is 294 g/mol. The molecule has 2 aromatic rings. The van der Waals surface area contributed by atoms with Crippen LogP contribution in [0.25, 0.3) is 10.9 Å². The molecule has 2 heterocycles. The maximum absolute atomic E-state index is 11.9. The summed E-state index contributed by atoms with van der Waals surface area (Å²) < 4.78 is 5.31. The Morgan fingerprint density at radius 3 is 2.75 bits per heavy atom. The third-order valence-electron chi connectivity index (χ3n) is 3.59. The van der Waals surface area contributed by atoms with Gasteiger partial charge >= 0.3 is 5.97 Å². The summed E-state index contributed by atoms with van der Waals surface area (Å²) in [7, 11) is 0. The number of aromatic nitrogens is 1. The highest BCUT2D eigenvalue weighted by molar-refractivity contribution is 5.94. The summed E-state index contributed by atoms with van der Waals surface area (Å²) >= 11 is 0. The molecule has 3 rings (SSSR count). The molecule has 20 heavy (non-hydrogen) atoms. The fraction of sp³-hybridized carbons (Fsp3) is 0.400. The van der Waals surface area contributed by atoms with Crippen LogP contribution in [0.3, 0.4) is 0 Å². The molecule has 0 radical (unpaired) electrons. The molecule has 5 heteroatoms. The molecule has 0 unspecified atom stereocenters. The van der Waals surface area contributed by atoms with E-state index in [9.17, 15) is 4.79 Å². The second-order valence-electron chi connectivity index (χ2n) is 4.95. The van der Waals surface area contributed by atoms with E-state index >= 15 is 0 Å². The summed E-state index contributed by atoms with van der Waals surface area (Å²) in [5.74, 6) is -0.268. The zero-order valence-electron chi connectivity index (χ0n) is 11.3. The highest BCUT2D eigenvalue weighted by Crippen LogP contribution is 2.15. The van der Waals surface area contributed by atoms with Gasteiger partial charge in [-0.2, -0.15) is 0 Å². The van der Waals surface area contributed by atoms with Crippen molar-refractivity contribution >= 4 is 29.3 Å². The standard InChI is InChI=1S/C15H18N2O2.ClH/c18-15(19-10-9-17-7-3-4-8-17)14-11-12-5-1-2-6-13(12)16-14;/h1-2,5-6,11,16H,3-4,7-10H2;1H. The maximum Gasteiger partial charge on any atom is 0.354 e.